The van der Waals surface area contributed by atoms with Gasteiger partial charge in [-0.05, 0) is 88.6 Å². The third kappa shape index (κ3) is 6.71. The molecule has 0 atom stereocenters. The monoisotopic (exact) mass is 574 g/mol. The summed E-state index contributed by atoms with van der Waals surface area (Å²) < 4.78 is 0. The molecule has 0 saturated carbocycles. The Morgan fingerprint density at radius 3 is 2.28 bits per heavy atom. The molecule has 0 aliphatic carbocycles. The first-order valence-corrected chi connectivity index (χ1v) is 14.1. The average Bonchev–Trinajstić information content (AvgIpc) is 2.96. The van der Waals surface area contributed by atoms with Crippen molar-refractivity contribution < 1.29 is 14.7 Å². The van der Waals surface area contributed by atoms with Gasteiger partial charge in [0.1, 0.15) is 17.4 Å². The number of phenols is 1. The van der Waals surface area contributed by atoms with Crippen LogP contribution in [0.15, 0.2) is 79.1 Å². The number of carbonyl (C=O) groups excluding carboxylic acids is 2. The molecular formula is C34H34N6O3. The van der Waals surface area contributed by atoms with Gasteiger partial charge in [0.05, 0.1) is 5.69 Å². The third-order valence-electron chi connectivity index (χ3n) is 7.45. The van der Waals surface area contributed by atoms with E-state index in [1.54, 1.807) is 66.7 Å². The molecule has 1 aliphatic heterocycles. The molecular weight excluding hydrogens is 540 g/mol. The van der Waals surface area contributed by atoms with E-state index < -0.39 is 5.91 Å². The number of pyridine rings is 2. The molecule has 0 spiro atoms. The fourth-order valence-corrected chi connectivity index (χ4v) is 6.01. The minimum Gasteiger partial charge on any atom is -0.507 e. The molecule has 43 heavy (non-hydrogen) atoms. The molecule has 4 N–H and O–H groups in total. The van der Waals surface area contributed by atoms with Gasteiger partial charge in [-0.25, -0.2) is 4.98 Å². The predicted octanol–water partition coefficient (Wildman–Crippen LogP) is 5.68. The summed E-state index contributed by atoms with van der Waals surface area (Å²) in [5.41, 5.74) is 2.49. The zero-order valence-electron chi connectivity index (χ0n) is 24.6. The molecule has 5 rings (SSSR count). The molecule has 0 unspecified atom stereocenters. The number of para-hydroxylation sites is 1. The predicted molar refractivity (Wildman–Crippen MR) is 165 cm³/mol. The van der Waals surface area contributed by atoms with Gasteiger partial charge in [0, 0.05) is 51.8 Å². The van der Waals surface area contributed by atoms with Crippen molar-refractivity contribution in [3.05, 3.63) is 95.8 Å². The Morgan fingerprint density at radius 2 is 1.60 bits per heavy atom. The molecule has 1 fully saturated rings. The molecule has 9 heteroatoms. The number of nitrogens with zero attached hydrogens (tertiary/aromatic N) is 3. The SMILES string of the molecule is CC1(C)CC(NC(=O)c2cccc(-c3cc(-c4ccccc4O)nc(NC(=O)c4ccncc4)c3C#N)c2)CC(C)(C)N1. The number of phenolic OH excluding ortho intramolecular Hbond substituents is 1. The number of nitriles is 1. The van der Waals surface area contributed by atoms with Crippen LogP contribution in [-0.4, -0.2) is 44.0 Å². The Kier molecular flexibility index (Phi) is 7.98. The Hall–Kier alpha value is -5.07. The number of piperidine rings is 1. The topological polar surface area (TPSA) is 140 Å². The molecule has 218 valence electrons. The number of anilines is 1. The molecule has 2 aromatic heterocycles. The first kappa shape index (κ1) is 29.4. The van der Waals surface area contributed by atoms with Gasteiger partial charge in [-0.15, -0.1) is 0 Å². The van der Waals surface area contributed by atoms with Crippen molar-refractivity contribution in [2.24, 2.45) is 0 Å². The number of hydrogen-bond acceptors (Lipinski definition) is 7. The highest BCUT2D eigenvalue weighted by molar-refractivity contribution is 6.05. The fourth-order valence-electron chi connectivity index (χ4n) is 6.01. The third-order valence-corrected chi connectivity index (χ3v) is 7.45. The zero-order valence-corrected chi connectivity index (χ0v) is 24.6. The summed E-state index contributed by atoms with van der Waals surface area (Å²) in [7, 11) is 0. The van der Waals surface area contributed by atoms with Gasteiger partial charge in [0.15, 0.2) is 5.82 Å². The number of amides is 2. The van der Waals surface area contributed by atoms with Crippen molar-refractivity contribution in [3.8, 4) is 34.2 Å². The minimum absolute atomic E-state index is 0.00184. The van der Waals surface area contributed by atoms with E-state index in [9.17, 15) is 20.0 Å². The molecule has 0 radical (unpaired) electrons. The highest BCUT2D eigenvalue weighted by Crippen LogP contribution is 2.36. The molecule has 0 bridgehead atoms. The second-order valence-electron chi connectivity index (χ2n) is 12.1. The van der Waals surface area contributed by atoms with Crippen LogP contribution >= 0.6 is 0 Å². The Labute approximate surface area is 251 Å². The van der Waals surface area contributed by atoms with Crippen molar-refractivity contribution in [2.45, 2.75) is 57.7 Å². The molecule has 1 saturated heterocycles. The second-order valence-corrected chi connectivity index (χ2v) is 12.1. The minimum atomic E-state index is -0.465. The summed E-state index contributed by atoms with van der Waals surface area (Å²) in [6.45, 7) is 8.53. The van der Waals surface area contributed by atoms with E-state index in [4.69, 9.17) is 0 Å². The van der Waals surface area contributed by atoms with E-state index in [2.05, 4.69) is 59.7 Å². The lowest BCUT2D eigenvalue weighted by Crippen LogP contribution is -2.62. The van der Waals surface area contributed by atoms with Crippen LogP contribution in [0.5, 0.6) is 5.75 Å². The number of aromatic hydroxyl groups is 1. The summed E-state index contributed by atoms with van der Waals surface area (Å²) in [5.74, 6) is -0.639. The van der Waals surface area contributed by atoms with Crippen LogP contribution in [0, 0.1) is 11.3 Å². The standard InChI is InChI=1S/C34H34N6O3/c1-33(2)18-24(19-34(3,4)40-33)37-32(43)23-9-7-8-22(16-23)26-17-28(25-10-5-6-11-29(25)41)38-30(27(26)20-35)39-31(42)21-12-14-36-15-13-21/h5-17,24,40-41H,18-19H2,1-4H3,(H,37,43)(H,38,39,42). The maximum Gasteiger partial charge on any atom is 0.256 e. The van der Waals surface area contributed by atoms with Crippen LogP contribution in [-0.2, 0) is 0 Å². The normalized spacial score (nSPS) is 15.7. The number of hydrogen-bond donors (Lipinski definition) is 4. The van der Waals surface area contributed by atoms with Crippen LogP contribution in [0.25, 0.3) is 22.4 Å². The Morgan fingerprint density at radius 1 is 0.907 bits per heavy atom. The number of aromatic nitrogens is 2. The van der Waals surface area contributed by atoms with Crippen molar-refractivity contribution in [3.63, 3.8) is 0 Å². The number of rotatable bonds is 6. The number of benzene rings is 2. The first-order valence-electron chi connectivity index (χ1n) is 14.1. The highest BCUT2D eigenvalue weighted by atomic mass is 16.3. The summed E-state index contributed by atoms with van der Waals surface area (Å²) >= 11 is 0. The lowest BCUT2D eigenvalue weighted by Gasteiger charge is -2.46. The smallest absolute Gasteiger partial charge is 0.256 e. The molecule has 2 amide bonds. The van der Waals surface area contributed by atoms with Crippen LogP contribution in [0.2, 0.25) is 0 Å². The number of carbonyl (C=O) groups is 2. The summed E-state index contributed by atoms with van der Waals surface area (Å²) in [4.78, 5) is 35.1. The van der Waals surface area contributed by atoms with E-state index in [-0.39, 0.29) is 40.2 Å². The van der Waals surface area contributed by atoms with Crippen LogP contribution in [0.3, 0.4) is 0 Å². The van der Waals surface area contributed by atoms with E-state index in [0.29, 0.717) is 33.5 Å². The van der Waals surface area contributed by atoms with Crippen LogP contribution in [0.4, 0.5) is 5.82 Å². The molecule has 4 aromatic rings. The first-order chi connectivity index (χ1) is 20.4. The fraction of sp³-hybridized carbons (Fsp3) is 0.265. The average molecular weight is 575 g/mol. The van der Waals surface area contributed by atoms with Gasteiger partial charge in [0.25, 0.3) is 11.8 Å². The van der Waals surface area contributed by atoms with E-state index in [0.717, 1.165) is 12.8 Å². The van der Waals surface area contributed by atoms with Gasteiger partial charge in [-0.3, -0.25) is 14.6 Å². The van der Waals surface area contributed by atoms with Crippen molar-refractivity contribution in [1.82, 2.24) is 20.6 Å². The lowest BCUT2D eigenvalue weighted by molar-refractivity contribution is 0.0872. The van der Waals surface area contributed by atoms with E-state index in [1.807, 2.05) is 0 Å². The zero-order chi connectivity index (χ0) is 30.8. The van der Waals surface area contributed by atoms with E-state index >= 15 is 0 Å². The lowest BCUT2D eigenvalue weighted by atomic mass is 9.79. The molecule has 9 nitrogen and oxygen atoms in total. The van der Waals surface area contributed by atoms with Gasteiger partial charge in [0.2, 0.25) is 0 Å². The van der Waals surface area contributed by atoms with Crippen molar-refractivity contribution >= 4 is 17.6 Å². The summed E-state index contributed by atoms with van der Waals surface area (Å²) in [6.07, 6.45) is 4.57. The van der Waals surface area contributed by atoms with Gasteiger partial charge in [-0.2, -0.15) is 5.26 Å². The van der Waals surface area contributed by atoms with Gasteiger partial charge < -0.3 is 21.1 Å². The quantitative estimate of drug-likeness (QED) is 0.232. The van der Waals surface area contributed by atoms with Crippen molar-refractivity contribution in [2.75, 3.05) is 5.32 Å². The maximum atomic E-state index is 13.5. The molecule has 1 aliphatic rings. The summed E-state index contributed by atoms with van der Waals surface area (Å²) in [6, 6.07) is 20.7. The van der Waals surface area contributed by atoms with Crippen molar-refractivity contribution in [1.29, 1.82) is 5.26 Å². The highest BCUT2D eigenvalue weighted by Gasteiger charge is 2.38. The molecule has 2 aromatic carbocycles. The van der Waals surface area contributed by atoms with Crippen LogP contribution in [0.1, 0.15) is 66.8 Å². The van der Waals surface area contributed by atoms with Gasteiger partial charge >= 0.3 is 0 Å². The second kappa shape index (κ2) is 11.7. The van der Waals surface area contributed by atoms with Crippen LogP contribution < -0.4 is 16.0 Å². The largest absolute Gasteiger partial charge is 0.507 e. The number of nitrogens with one attached hydrogen (secondary N) is 3. The Bertz CT molecular complexity index is 1710. The Balaban J connectivity index is 1.54. The maximum absolute atomic E-state index is 13.5. The van der Waals surface area contributed by atoms with E-state index in [1.165, 1.54) is 12.4 Å². The van der Waals surface area contributed by atoms with Gasteiger partial charge in [-0.1, -0.05) is 24.3 Å². The molecule has 3 heterocycles. The summed E-state index contributed by atoms with van der Waals surface area (Å²) in [5, 5.41) is 30.5.